The minimum atomic E-state index is -3.44. The van der Waals surface area contributed by atoms with Gasteiger partial charge in [-0.3, -0.25) is 4.98 Å². The molecule has 0 bridgehead atoms. The van der Waals surface area contributed by atoms with Gasteiger partial charge in [-0.1, -0.05) is 0 Å². The van der Waals surface area contributed by atoms with Crippen molar-refractivity contribution in [3.63, 3.8) is 0 Å². The molecule has 4 rings (SSSR count). The molecule has 0 aromatic carbocycles. The quantitative estimate of drug-likeness (QED) is 0.824. The molecule has 2 aromatic heterocycles. The first kappa shape index (κ1) is 16.4. The van der Waals surface area contributed by atoms with Gasteiger partial charge in [0.05, 0.1) is 0 Å². The molecule has 7 nitrogen and oxygen atoms in total. The average Bonchev–Trinajstić information content (AvgIpc) is 3.08. The third-order valence-corrected chi connectivity index (χ3v) is 7.32. The molecule has 132 valence electrons. The van der Waals surface area contributed by atoms with Gasteiger partial charge in [0.2, 0.25) is 10.0 Å². The fraction of sp³-hybridized carbons (Fsp3) is 0.471. The molecule has 2 fully saturated rings. The van der Waals surface area contributed by atoms with Gasteiger partial charge < -0.3 is 4.90 Å². The molecule has 0 atom stereocenters. The number of anilines is 1. The summed E-state index contributed by atoms with van der Waals surface area (Å²) in [6.45, 7) is 1.18. The number of hydrogen-bond acceptors (Lipinski definition) is 6. The predicted molar refractivity (Wildman–Crippen MR) is 93.5 cm³/mol. The van der Waals surface area contributed by atoms with Crippen molar-refractivity contribution in [3.8, 4) is 0 Å². The van der Waals surface area contributed by atoms with E-state index < -0.39 is 10.0 Å². The Kier molecular flexibility index (Phi) is 3.96. The highest BCUT2D eigenvalue weighted by atomic mass is 32.2. The molecular weight excluding hydrogens is 338 g/mol. The van der Waals surface area contributed by atoms with Gasteiger partial charge in [-0.25, -0.2) is 18.4 Å². The van der Waals surface area contributed by atoms with Crippen molar-refractivity contribution in [2.45, 2.75) is 30.2 Å². The molecule has 3 heterocycles. The van der Waals surface area contributed by atoms with Crippen molar-refractivity contribution in [2.75, 3.05) is 25.0 Å². The minimum Gasteiger partial charge on any atom is -0.357 e. The molecule has 25 heavy (non-hydrogen) atoms. The van der Waals surface area contributed by atoms with Crippen LogP contribution in [-0.2, 0) is 10.0 Å². The maximum absolute atomic E-state index is 12.8. The lowest BCUT2D eigenvalue weighted by Crippen LogP contribution is -2.51. The normalized spacial score (nSPS) is 26.5. The summed E-state index contributed by atoms with van der Waals surface area (Å²) in [5.41, 5.74) is 0.0984. The fourth-order valence-electron chi connectivity index (χ4n) is 3.97. The second-order valence-electron chi connectivity index (χ2n) is 7.02. The third kappa shape index (κ3) is 2.89. The number of hydrogen-bond donors (Lipinski definition) is 0. The fourth-order valence-corrected chi connectivity index (χ4v) is 5.49. The van der Waals surface area contributed by atoms with Gasteiger partial charge >= 0.3 is 0 Å². The molecule has 2 aromatic rings. The van der Waals surface area contributed by atoms with Crippen molar-refractivity contribution >= 4 is 15.8 Å². The van der Waals surface area contributed by atoms with Crippen LogP contribution in [0.5, 0.6) is 0 Å². The number of sulfonamides is 1. The monoisotopic (exact) mass is 359 g/mol. The van der Waals surface area contributed by atoms with E-state index in [0.717, 1.165) is 25.1 Å². The van der Waals surface area contributed by atoms with Gasteiger partial charge in [-0.2, -0.15) is 4.31 Å². The van der Waals surface area contributed by atoms with Gasteiger partial charge in [0.15, 0.2) is 0 Å². The highest BCUT2D eigenvalue weighted by molar-refractivity contribution is 7.89. The molecule has 1 spiro atoms. The van der Waals surface area contributed by atoms with Crippen LogP contribution in [0.15, 0.2) is 48.0 Å². The molecule has 1 aliphatic carbocycles. The molecule has 0 amide bonds. The van der Waals surface area contributed by atoms with Crippen LogP contribution >= 0.6 is 0 Å². The minimum absolute atomic E-state index is 0.0984. The van der Waals surface area contributed by atoms with Crippen LogP contribution in [-0.4, -0.2) is 53.9 Å². The summed E-state index contributed by atoms with van der Waals surface area (Å²) in [6.07, 6.45) is 9.21. The Bertz CT molecular complexity index is 838. The summed E-state index contributed by atoms with van der Waals surface area (Å²) in [5.74, 6) is 0.910. The first-order valence-electron chi connectivity index (χ1n) is 8.39. The van der Waals surface area contributed by atoms with E-state index in [9.17, 15) is 8.42 Å². The van der Waals surface area contributed by atoms with E-state index in [2.05, 4.69) is 19.9 Å². The molecule has 8 heteroatoms. The molecular formula is C17H21N5O2S. The summed E-state index contributed by atoms with van der Waals surface area (Å²) < 4.78 is 27.1. The number of nitrogens with zero attached hydrogens (tertiary/aromatic N) is 5. The SMILES string of the molecule is CN(c1ccncn1)C1CC2(CCN(S(=O)(=O)c3cccnc3)C2)C1. The summed E-state index contributed by atoms with van der Waals surface area (Å²) in [6, 6.07) is 5.57. The standard InChI is InChI=1S/C17H21N5O2S/c1-21(16-4-7-19-13-20-16)14-9-17(10-14)5-8-22(12-17)25(23,24)15-3-2-6-18-11-15/h2-4,6-7,11,13-14H,5,8-10,12H2,1H3. The molecule has 0 unspecified atom stereocenters. The van der Waals surface area contributed by atoms with Crippen LogP contribution in [0, 0.1) is 5.41 Å². The van der Waals surface area contributed by atoms with Gasteiger partial charge in [-0.15, -0.1) is 0 Å². The Morgan fingerprint density at radius 1 is 1.24 bits per heavy atom. The molecule has 2 aliphatic rings. The van der Waals surface area contributed by atoms with Gasteiger partial charge in [-0.05, 0) is 42.9 Å². The van der Waals surface area contributed by atoms with Crippen molar-refractivity contribution in [3.05, 3.63) is 43.1 Å². The Hall–Kier alpha value is -2.06. The predicted octanol–water partition coefficient (Wildman–Crippen LogP) is 1.55. The second kappa shape index (κ2) is 6.03. The molecule has 1 saturated carbocycles. The van der Waals surface area contributed by atoms with Gasteiger partial charge in [0.25, 0.3) is 0 Å². The van der Waals surface area contributed by atoms with E-state index >= 15 is 0 Å². The lowest BCUT2D eigenvalue weighted by Gasteiger charge is -2.49. The number of rotatable bonds is 4. The van der Waals surface area contributed by atoms with E-state index in [1.807, 2.05) is 13.1 Å². The van der Waals surface area contributed by atoms with Crippen molar-refractivity contribution in [1.82, 2.24) is 19.3 Å². The second-order valence-corrected chi connectivity index (χ2v) is 8.96. The first-order chi connectivity index (χ1) is 12.0. The maximum Gasteiger partial charge on any atom is 0.244 e. The Labute approximate surface area is 147 Å². The van der Waals surface area contributed by atoms with E-state index in [1.165, 1.54) is 6.20 Å². The number of aromatic nitrogens is 3. The zero-order valence-electron chi connectivity index (χ0n) is 14.1. The molecule has 0 N–H and O–H groups in total. The summed E-state index contributed by atoms with van der Waals surface area (Å²) in [4.78, 5) is 14.6. The van der Waals surface area contributed by atoms with Crippen molar-refractivity contribution < 1.29 is 8.42 Å². The van der Waals surface area contributed by atoms with Crippen LogP contribution < -0.4 is 4.90 Å². The Morgan fingerprint density at radius 3 is 2.76 bits per heavy atom. The number of pyridine rings is 1. The lowest BCUT2D eigenvalue weighted by atomic mass is 9.64. The summed E-state index contributed by atoms with van der Waals surface area (Å²) in [7, 11) is -1.40. The van der Waals surface area contributed by atoms with E-state index in [-0.39, 0.29) is 10.3 Å². The lowest BCUT2D eigenvalue weighted by molar-refractivity contribution is 0.119. The smallest absolute Gasteiger partial charge is 0.244 e. The summed E-state index contributed by atoms with van der Waals surface area (Å²) in [5, 5.41) is 0. The van der Waals surface area contributed by atoms with Crippen LogP contribution in [0.3, 0.4) is 0 Å². The van der Waals surface area contributed by atoms with E-state index in [0.29, 0.717) is 19.1 Å². The van der Waals surface area contributed by atoms with Crippen LogP contribution in [0.25, 0.3) is 0 Å². The Balaban J connectivity index is 1.43. The maximum atomic E-state index is 12.8. The van der Waals surface area contributed by atoms with Crippen molar-refractivity contribution in [2.24, 2.45) is 5.41 Å². The van der Waals surface area contributed by atoms with Gasteiger partial charge in [0.1, 0.15) is 17.0 Å². The molecule has 1 aliphatic heterocycles. The molecule has 1 saturated heterocycles. The largest absolute Gasteiger partial charge is 0.357 e. The van der Waals surface area contributed by atoms with Crippen LogP contribution in [0.2, 0.25) is 0 Å². The van der Waals surface area contributed by atoms with E-state index in [4.69, 9.17) is 0 Å². The van der Waals surface area contributed by atoms with Crippen molar-refractivity contribution in [1.29, 1.82) is 0 Å². The Morgan fingerprint density at radius 2 is 2.08 bits per heavy atom. The third-order valence-electron chi connectivity index (χ3n) is 5.49. The average molecular weight is 359 g/mol. The topological polar surface area (TPSA) is 79.3 Å². The molecule has 0 radical (unpaired) electrons. The highest BCUT2D eigenvalue weighted by Crippen LogP contribution is 2.51. The summed E-state index contributed by atoms with van der Waals surface area (Å²) >= 11 is 0. The van der Waals surface area contributed by atoms with E-state index in [1.54, 1.807) is 35.2 Å². The first-order valence-corrected chi connectivity index (χ1v) is 9.83. The zero-order valence-corrected chi connectivity index (χ0v) is 14.9. The van der Waals surface area contributed by atoms with Crippen LogP contribution in [0.1, 0.15) is 19.3 Å². The highest BCUT2D eigenvalue weighted by Gasteiger charge is 2.52. The van der Waals surface area contributed by atoms with Crippen LogP contribution in [0.4, 0.5) is 5.82 Å². The zero-order chi connectivity index (χ0) is 17.5. The van der Waals surface area contributed by atoms with Gasteiger partial charge in [0, 0.05) is 44.8 Å².